The Morgan fingerprint density at radius 1 is 1.14 bits per heavy atom. The van der Waals surface area contributed by atoms with Gasteiger partial charge < -0.3 is 5.32 Å². The Morgan fingerprint density at radius 2 is 1.96 bits per heavy atom. The Hall–Kier alpha value is -2.32. The van der Waals surface area contributed by atoms with Gasteiger partial charge in [-0.1, -0.05) is 12.1 Å². The number of amidine groups is 1. The van der Waals surface area contributed by atoms with E-state index >= 15 is 0 Å². The van der Waals surface area contributed by atoms with Crippen molar-refractivity contribution in [3.05, 3.63) is 53.6 Å². The van der Waals surface area contributed by atoms with Gasteiger partial charge in [-0.25, -0.2) is 8.42 Å². The summed E-state index contributed by atoms with van der Waals surface area (Å²) in [6.45, 7) is 4.73. The van der Waals surface area contributed by atoms with Crippen molar-refractivity contribution in [3.63, 3.8) is 0 Å². The molecule has 6 nitrogen and oxygen atoms in total. The summed E-state index contributed by atoms with van der Waals surface area (Å²) in [6.07, 6.45) is 1.48. The van der Waals surface area contributed by atoms with Gasteiger partial charge in [0.25, 0.3) is 10.0 Å². The Bertz CT molecular complexity index is 1020. The number of aryl methyl sites for hydroxylation is 2. The Balaban J connectivity index is 1.61. The first-order valence-corrected chi connectivity index (χ1v) is 11.5. The Labute approximate surface area is 169 Å². The van der Waals surface area contributed by atoms with E-state index in [4.69, 9.17) is 0 Å². The van der Waals surface area contributed by atoms with Gasteiger partial charge in [0.1, 0.15) is 5.84 Å². The first-order valence-electron chi connectivity index (χ1n) is 8.99. The van der Waals surface area contributed by atoms with E-state index in [1.54, 1.807) is 12.1 Å². The zero-order chi connectivity index (χ0) is 20.1. The number of nitrogens with zero attached hydrogens (tertiary/aromatic N) is 1. The van der Waals surface area contributed by atoms with Crippen LogP contribution in [0.1, 0.15) is 24.0 Å². The summed E-state index contributed by atoms with van der Waals surface area (Å²) in [6, 6.07) is 12.3. The molecule has 0 spiro atoms. The molecule has 2 aromatic rings. The van der Waals surface area contributed by atoms with Gasteiger partial charge in [-0.3, -0.25) is 14.5 Å². The quantitative estimate of drug-likeness (QED) is 0.704. The smallest absolute Gasteiger partial charge is 0.262 e. The van der Waals surface area contributed by atoms with Crippen molar-refractivity contribution >= 4 is 39.2 Å². The summed E-state index contributed by atoms with van der Waals surface area (Å²) in [5, 5.41) is 2.76. The number of carbonyl (C=O) groups excluding carboxylic acids is 1. The lowest BCUT2D eigenvalue weighted by Crippen LogP contribution is -2.29. The van der Waals surface area contributed by atoms with Crippen LogP contribution in [0.3, 0.4) is 0 Å². The standard InChI is InChI=1S/C20H23N3O3S2/c1-14-8-9-17(11-15(14)2)27-13-20(24)22-16-5-3-6-18(12-16)28(25,26)23-19-7-4-10-21-19/h3,5-6,8-9,11-12H,4,7,10,13H2,1-2H3,(H,21,23)(H,22,24). The summed E-state index contributed by atoms with van der Waals surface area (Å²) in [5.74, 6) is 0.541. The molecule has 0 saturated carbocycles. The number of nitrogens with one attached hydrogen (secondary N) is 2. The van der Waals surface area contributed by atoms with Crippen LogP contribution in [0.15, 0.2) is 57.2 Å². The molecule has 1 heterocycles. The van der Waals surface area contributed by atoms with Crippen molar-refractivity contribution < 1.29 is 13.2 Å². The molecule has 0 atom stereocenters. The molecule has 28 heavy (non-hydrogen) atoms. The molecule has 0 unspecified atom stereocenters. The number of hydrogen-bond donors (Lipinski definition) is 2. The maximum atomic E-state index is 12.5. The lowest BCUT2D eigenvalue weighted by Gasteiger charge is -2.10. The predicted octanol–water partition coefficient (Wildman–Crippen LogP) is 3.50. The zero-order valence-electron chi connectivity index (χ0n) is 15.9. The molecule has 148 valence electrons. The molecular formula is C20H23N3O3S2. The maximum absolute atomic E-state index is 12.5. The molecule has 0 aromatic heterocycles. The van der Waals surface area contributed by atoms with Crippen LogP contribution < -0.4 is 10.0 Å². The molecule has 2 aromatic carbocycles. The lowest BCUT2D eigenvalue weighted by atomic mass is 10.1. The van der Waals surface area contributed by atoms with Crippen molar-refractivity contribution in [2.24, 2.45) is 4.99 Å². The summed E-state index contributed by atoms with van der Waals surface area (Å²) >= 11 is 1.44. The van der Waals surface area contributed by atoms with E-state index in [0.717, 1.165) is 11.3 Å². The molecule has 3 rings (SSSR count). The van der Waals surface area contributed by atoms with Crippen molar-refractivity contribution in [1.82, 2.24) is 4.72 Å². The number of aliphatic imine (C=N–C) groups is 1. The minimum Gasteiger partial charge on any atom is -0.325 e. The van der Waals surface area contributed by atoms with Gasteiger partial charge in [0.2, 0.25) is 5.91 Å². The molecular weight excluding hydrogens is 394 g/mol. The van der Waals surface area contributed by atoms with Crippen molar-refractivity contribution in [1.29, 1.82) is 0 Å². The molecule has 0 aliphatic carbocycles. The first kappa shape index (κ1) is 20.4. The topological polar surface area (TPSA) is 87.6 Å². The monoisotopic (exact) mass is 417 g/mol. The number of thioether (sulfide) groups is 1. The minimum atomic E-state index is -3.70. The van der Waals surface area contributed by atoms with Crippen molar-refractivity contribution in [3.8, 4) is 0 Å². The Kier molecular flexibility index (Phi) is 6.41. The van der Waals surface area contributed by atoms with Crippen LogP contribution in [-0.4, -0.2) is 32.5 Å². The number of benzene rings is 2. The van der Waals surface area contributed by atoms with Crippen LogP contribution in [0, 0.1) is 13.8 Å². The molecule has 1 aliphatic rings. The summed E-state index contributed by atoms with van der Waals surface area (Å²) < 4.78 is 27.5. The van der Waals surface area contributed by atoms with E-state index in [2.05, 4.69) is 21.1 Å². The van der Waals surface area contributed by atoms with Gasteiger partial charge in [-0.2, -0.15) is 0 Å². The third kappa shape index (κ3) is 5.36. The largest absolute Gasteiger partial charge is 0.325 e. The van der Waals surface area contributed by atoms with E-state index < -0.39 is 10.0 Å². The number of sulfonamides is 1. The van der Waals surface area contributed by atoms with E-state index in [1.165, 1.54) is 35.0 Å². The highest BCUT2D eigenvalue weighted by atomic mass is 32.2. The second-order valence-corrected chi connectivity index (χ2v) is 9.38. The van der Waals surface area contributed by atoms with Crippen LogP contribution in [0.4, 0.5) is 5.69 Å². The SMILES string of the molecule is Cc1ccc(SCC(=O)Nc2cccc(S(=O)(=O)NC3=NCCC3)c2)cc1C. The van der Waals surface area contributed by atoms with E-state index in [-0.39, 0.29) is 16.6 Å². The van der Waals surface area contributed by atoms with E-state index in [0.29, 0.717) is 24.5 Å². The van der Waals surface area contributed by atoms with Crippen LogP contribution in [0.2, 0.25) is 0 Å². The number of carbonyl (C=O) groups is 1. The number of rotatable bonds is 6. The fourth-order valence-electron chi connectivity index (χ4n) is 2.73. The normalized spacial score (nSPS) is 13.9. The average Bonchev–Trinajstić information content (AvgIpc) is 3.15. The van der Waals surface area contributed by atoms with Gasteiger partial charge in [0, 0.05) is 23.5 Å². The molecule has 0 saturated heterocycles. The third-order valence-corrected chi connectivity index (χ3v) is 6.78. The van der Waals surface area contributed by atoms with Crippen molar-refractivity contribution in [2.45, 2.75) is 36.5 Å². The molecule has 0 fully saturated rings. The third-order valence-electron chi connectivity index (χ3n) is 4.40. The van der Waals surface area contributed by atoms with Gasteiger partial charge in [0.15, 0.2) is 0 Å². The number of anilines is 1. The maximum Gasteiger partial charge on any atom is 0.262 e. The highest BCUT2D eigenvalue weighted by Crippen LogP contribution is 2.22. The lowest BCUT2D eigenvalue weighted by molar-refractivity contribution is -0.113. The molecule has 1 amide bonds. The zero-order valence-corrected chi connectivity index (χ0v) is 17.5. The van der Waals surface area contributed by atoms with Gasteiger partial charge >= 0.3 is 0 Å². The fraction of sp³-hybridized carbons (Fsp3) is 0.300. The summed E-state index contributed by atoms with van der Waals surface area (Å²) in [5.41, 5.74) is 2.84. The second kappa shape index (κ2) is 8.79. The highest BCUT2D eigenvalue weighted by molar-refractivity contribution is 8.00. The summed E-state index contributed by atoms with van der Waals surface area (Å²) in [4.78, 5) is 17.5. The van der Waals surface area contributed by atoms with Crippen LogP contribution >= 0.6 is 11.8 Å². The number of amides is 1. The van der Waals surface area contributed by atoms with Gasteiger partial charge in [-0.15, -0.1) is 11.8 Å². The summed E-state index contributed by atoms with van der Waals surface area (Å²) in [7, 11) is -3.70. The minimum absolute atomic E-state index is 0.0988. The Morgan fingerprint density at radius 3 is 2.68 bits per heavy atom. The second-order valence-electron chi connectivity index (χ2n) is 6.65. The van der Waals surface area contributed by atoms with Gasteiger partial charge in [-0.05, 0) is 61.7 Å². The molecule has 0 bridgehead atoms. The van der Waals surface area contributed by atoms with E-state index in [1.807, 2.05) is 26.0 Å². The van der Waals surface area contributed by atoms with E-state index in [9.17, 15) is 13.2 Å². The highest BCUT2D eigenvalue weighted by Gasteiger charge is 2.18. The first-order chi connectivity index (χ1) is 13.3. The molecule has 2 N–H and O–H groups in total. The van der Waals surface area contributed by atoms with Crippen LogP contribution in [-0.2, 0) is 14.8 Å². The van der Waals surface area contributed by atoms with Crippen molar-refractivity contribution in [2.75, 3.05) is 17.6 Å². The van der Waals surface area contributed by atoms with Crippen LogP contribution in [0.5, 0.6) is 0 Å². The number of hydrogen-bond acceptors (Lipinski definition) is 5. The van der Waals surface area contributed by atoms with Crippen LogP contribution in [0.25, 0.3) is 0 Å². The molecule has 1 aliphatic heterocycles. The van der Waals surface area contributed by atoms with Gasteiger partial charge in [0.05, 0.1) is 10.6 Å². The molecule has 0 radical (unpaired) electrons. The fourth-order valence-corrected chi connectivity index (χ4v) is 4.66. The molecule has 8 heteroatoms. The predicted molar refractivity (Wildman–Crippen MR) is 114 cm³/mol. The average molecular weight is 418 g/mol.